The number of aryl methyl sites for hydroxylation is 1. The number of urea groups is 1. The van der Waals surface area contributed by atoms with E-state index >= 15 is 0 Å². The minimum Gasteiger partial charge on any atom is -0.497 e. The number of benzene rings is 1. The highest BCUT2D eigenvalue weighted by molar-refractivity contribution is 5.94. The number of ether oxygens (including phenoxy) is 1. The van der Waals surface area contributed by atoms with E-state index in [1.165, 1.54) is 6.92 Å². The van der Waals surface area contributed by atoms with Gasteiger partial charge in [-0.15, -0.1) is 0 Å². The molecule has 0 saturated carbocycles. The first-order valence-electron chi connectivity index (χ1n) is 12.7. The number of aromatic nitrogens is 3. The molecule has 0 aliphatic carbocycles. The van der Waals surface area contributed by atoms with Crippen LogP contribution in [0.4, 0.5) is 10.6 Å². The van der Waals surface area contributed by atoms with Gasteiger partial charge in [0.25, 0.3) is 0 Å². The molecule has 2 aliphatic rings. The second-order valence-electron chi connectivity index (χ2n) is 9.57. The Balaban J connectivity index is 0.00000102. The lowest BCUT2D eigenvalue weighted by Gasteiger charge is -2.42. The van der Waals surface area contributed by atoms with Crippen LogP contribution in [-0.4, -0.2) is 76.6 Å². The molecule has 9 heteroatoms. The molecule has 0 unspecified atom stereocenters. The molecule has 2 amide bonds. The summed E-state index contributed by atoms with van der Waals surface area (Å²) in [6.45, 7) is 6.70. The summed E-state index contributed by atoms with van der Waals surface area (Å²) in [5.41, 5.74) is 3.90. The Kier molecular flexibility index (Phi) is 8.23. The topological polar surface area (TPSA) is 94.7 Å². The molecule has 0 bridgehead atoms. The number of likely N-dealkylation sites (tertiary alicyclic amines) is 1. The first-order chi connectivity index (χ1) is 17.9. The maximum absolute atomic E-state index is 13.9. The van der Waals surface area contributed by atoms with Crippen LogP contribution >= 0.6 is 0 Å². The average Bonchev–Trinajstić information content (AvgIpc) is 3.54. The first kappa shape index (κ1) is 26.3. The highest BCUT2D eigenvalue weighted by atomic mass is 16.5. The van der Waals surface area contributed by atoms with Gasteiger partial charge in [-0.25, -0.2) is 9.78 Å². The summed E-state index contributed by atoms with van der Waals surface area (Å²) in [7, 11) is 3.82. The van der Waals surface area contributed by atoms with Crippen LogP contribution in [0.3, 0.4) is 0 Å². The normalized spacial score (nSPS) is 17.0. The van der Waals surface area contributed by atoms with Crippen LogP contribution in [0, 0.1) is 0 Å². The van der Waals surface area contributed by atoms with E-state index < -0.39 is 0 Å². The number of piperidine rings is 1. The molecule has 0 atom stereocenters. The predicted octanol–water partition coefficient (Wildman–Crippen LogP) is 4.15. The smallest absolute Gasteiger partial charge is 0.326 e. The van der Waals surface area contributed by atoms with Crippen LogP contribution < -0.4 is 9.64 Å². The summed E-state index contributed by atoms with van der Waals surface area (Å²) in [5, 5.41) is 6.95. The van der Waals surface area contributed by atoms with Crippen molar-refractivity contribution in [1.29, 1.82) is 0 Å². The Morgan fingerprint density at radius 2 is 1.95 bits per heavy atom. The van der Waals surface area contributed by atoms with Gasteiger partial charge in [-0.3, -0.25) is 10.00 Å². The fourth-order valence-corrected chi connectivity index (χ4v) is 5.20. The van der Waals surface area contributed by atoms with Crippen LogP contribution in [0.15, 0.2) is 48.8 Å². The van der Waals surface area contributed by atoms with Crippen molar-refractivity contribution < 1.29 is 14.3 Å². The van der Waals surface area contributed by atoms with E-state index in [1.807, 2.05) is 35.4 Å². The molecule has 2 aromatic heterocycles. The van der Waals surface area contributed by atoms with Crippen molar-refractivity contribution >= 4 is 18.1 Å². The molecule has 37 heavy (non-hydrogen) atoms. The van der Waals surface area contributed by atoms with Crippen molar-refractivity contribution in [2.45, 2.75) is 45.2 Å². The molecular formula is C28H36N6O3. The van der Waals surface area contributed by atoms with Gasteiger partial charge < -0.3 is 19.3 Å². The van der Waals surface area contributed by atoms with Gasteiger partial charge in [-0.05, 0) is 63.1 Å². The fraction of sp³-hybridized carbons (Fsp3) is 0.429. The van der Waals surface area contributed by atoms with Crippen molar-refractivity contribution in [3.05, 3.63) is 60.0 Å². The molecule has 1 aromatic carbocycles. The molecule has 0 radical (unpaired) electrons. The third-order valence-electron chi connectivity index (χ3n) is 7.26. The molecule has 5 rings (SSSR count). The van der Waals surface area contributed by atoms with Gasteiger partial charge in [0, 0.05) is 37.0 Å². The number of methoxy groups -OCH3 is 1. The van der Waals surface area contributed by atoms with Crippen molar-refractivity contribution in [3.8, 4) is 16.9 Å². The number of nitrogens with zero attached hydrogens (tertiary/aromatic N) is 5. The van der Waals surface area contributed by atoms with E-state index in [4.69, 9.17) is 14.5 Å². The lowest BCUT2D eigenvalue weighted by Crippen LogP contribution is -2.53. The summed E-state index contributed by atoms with van der Waals surface area (Å²) >= 11 is 0. The summed E-state index contributed by atoms with van der Waals surface area (Å²) in [5.74, 6) is 1.53. The average molecular weight is 505 g/mol. The minimum atomic E-state index is -0.204. The number of hydrogen-bond acceptors (Lipinski definition) is 6. The largest absolute Gasteiger partial charge is 0.497 e. The molecule has 4 heterocycles. The van der Waals surface area contributed by atoms with Crippen molar-refractivity contribution in [2.75, 3.05) is 38.7 Å². The molecule has 1 N–H and O–H groups in total. The van der Waals surface area contributed by atoms with Crippen molar-refractivity contribution in [3.63, 3.8) is 0 Å². The number of carbonyl (C=O) groups excluding carboxylic acids is 2. The minimum absolute atomic E-state index is 0.0259. The van der Waals surface area contributed by atoms with Crippen LogP contribution in [0.2, 0.25) is 0 Å². The summed E-state index contributed by atoms with van der Waals surface area (Å²) in [4.78, 5) is 33.9. The number of anilines is 1. The molecular weight excluding hydrogens is 468 g/mol. The van der Waals surface area contributed by atoms with Gasteiger partial charge in [0.15, 0.2) is 0 Å². The number of amides is 2. The number of aldehydes is 1. The predicted molar refractivity (Wildman–Crippen MR) is 144 cm³/mol. The quantitative estimate of drug-likeness (QED) is 0.507. The maximum Gasteiger partial charge on any atom is 0.326 e. The lowest BCUT2D eigenvalue weighted by molar-refractivity contribution is -0.106. The zero-order chi connectivity index (χ0) is 26.4. The zero-order valence-corrected chi connectivity index (χ0v) is 22.1. The number of aromatic amines is 1. The number of hydrogen-bond donors (Lipinski definition) is 1. The number of rotatable bonds is 6. The van der Waals surface area contributed by atoms with Gasteiger partial charge in [0.2, 0.25) is 0 Å². The highest BCUT2D eigenvalue weighted by Gasteiger charge is 2.51. The van der Waals surface area contributed by atoms with Crippen LogP contribution in [0.1, 0.15) is 37.9 Å². The SMILES string of the molecule is CC=O.CCc1nc(N2CC3(CCN(C)CC3)N(Cc3cccc(OC)c3)C2=O)ccc1-c1cn[nH]c1. The van der Waals surface area contributed by atoms with Crippen molar-refractivity contribution in [2.24, 2.45) is 0 Å². The van der Waals surface area contributed by atoms with Crippen LogP contribution in [-0.2, 0) is 17.8 Å². The first-order valence-corrected chi connectivity index (χ1v) is 12.7. The van der Waals surface area contributed by atoms with E-state index in [1.54, 1.807) is 13.3 Å². The standard InChI is InChI=1S/C26H32N6O2.C2H4O/c1-4-23-22(20-15-27-28-16-20)8-9-24(29-23)31-18-26(10-12-30(2)13-11-26)32(25(31)33)17-19-6-5-7-21(14-19)34-3;1-2-3/h5-9,14-16H,4,10-13,17-18H2,1-3H3,(H,27,28);2H,1H3. The Morgan fingerprint density at radius 1 is 1.19 bits per heavy atom. The summed E-state index contributed by atoms with van der Waals surface area (Å²) in [6.07, 6.45) is 7.10. The van der Waals surface area contributed by atoms with E-state index in [-0.39, 0.29) is 11.6 Å². The maximum atomic E-state index is 13.9. The van der Waals surface area contributed by atoms with Gasteiger partial charge in [-0.1, -0.05) is 19.1 Å². The van der Waals surface area contributed by atoms with E-state index in [2.05, 4.69) is 46.1 Å². The van der Waals surface area contributed by atoms with Crippen LogP contribution in [0.25, 0.3) is 11.1 Å². The summed E-state index contributed by atoms with van der Waals surface area (Å²) < 4.78 is 5.42. The second-order valence-corrected chi connectivity index (χ2v) is 9.57. The molecule has 2 saturated heterocycles. The Bertz CT molecular complexity index is 1200. The number of H-pyrrole nitrogens is 1. The molecule has 9 nitrogen and oxygen atoms in total. The monoisotopic (exact) mass is 504 g/mol. The molecule has 196 valence electrons. The molecule has 3 aromatic rings. The second kappa shape index (κ2) is 11.6. The fourth-order valence-electron chi connectivity index (χ4n) is 5.20. The summed E-state index contributed by atoms with van der Waals surface area (Å²) in [6, 6.07) is 12.1. The van der Waals surface area contributed by atoms with E-state index in [0.29, 0.717) is 13.1 Å². The van der Waals surface area contributed by atoms with Crippen LogP contribution in [0.5, 0.6) is 5.75 Å². The van der Waals surface area contributed by atoms with Gasteiger partial charge in [0.05, 0.1) is 31.1 Å². The van der Waals surface area contributed by atoms with E-state index in [0.717, 1.165) is 72.6 Å². The van der Waals surface area contributed by atoms with Gasteiger partial charge in [0.1, 0.15) is 17.9 Å². The molecule has 2 aliphatic heterocycles. The zero-order valence-electron chi connectivity index (χ0n) is 22.1. The number of nitrogens with one attached hydrogen (secondary N) is 1. The Labute approximate surface area is 218 Å². The molecule has 1 spiro atoms. The van der Waals surface area contributed by atoms with Gasteiger partial charge >= 0.3 is 6.03 Å². The number of carbonyl (C=O) groups is 2. The highest BCUT2D eigenvalue weighted by Crippen LogP contribution is 2.39. The van der Waals surface area contributed by atoms with Crippen molar-refractivity contribution in [1.82, 2.24) is 25.0 Å². The Morgan fingerprint density at radius 3 is 2.59 bits per heavy atom. The number of pyridine rings is 1. The Hall–Kier alpha value is -3.72. The molecule has 2 fully saturated rings. The lowest BCUT2D eigenvalue weighted by atomic mass is 9.86. The third-order valence-corrected chi connectivity index (χ3v) is 7.26. The van der Waals surface area contributed by atoms with E-state index in [9.17, 15) is 4.79 Å². The van der Waals surface area contributed by atoms with Gasteiger partial charge in [-0.2, -0.15) is 5.10 Å². The third kappa shape index (κ3) is 5.51.